The normalized spacial score (nSPS) is 11.9. The minimum Gasteiger partial charge on any atom is -0.326 e. The molecule has 24 nitrogen and oxygen atoms in total. The summed E-state index contributed by atoms with van der Waals surface area (Å²) >= 11 is 0. The molecule has 0 unspecified atom stereocenters. The zero-order valence-corrected chi connectivity index (χ0v) is 41.4. The van der Waals surface area contributed by atoms with Gasteiger partial charge in [0.05, 0.1) is 35.9 Å². The zero-order valence-electron chi connectivity index (χ0n) is 41.4. The van der Waals surface area contributed by atoms with Crippen LogP contribution in [0.3, 0.4) is 0 Å². The highest BCUT2D eigenvalue weighted by Crippen LogP contribution is 2.41. The number of aromatic nitrogens is 16. The third-order valence-corrected chi connectivity index (χ3v) is 11.1. The van der Waals surface area contributed by atoms with Crippen LogP contribution >= 0.6 is 0 Å². The van der Waals surface area contributed by atoms with E-state index in [9.17, 15) is 4.79 Å². The van der Waals surface area contributed by atoms with Gasteiger partial charge < -0.3 is 5.32 Å². The summed E-state index contributed by atoms with van der Waals surface area (Å²) in [6.07, 6.45) is 6.39. The van der Waals surface area contributed by atoms with E-state index in [2.05, 4.69) is 107 Å². The SMILES string of the molecule is [C-]#[N+]c1c(C)nn(-c2ncccn2)c1N=Nc1c(C(C)(C)C)[nH]n2nc(-c3cccc(NC(C)=O)c3)nc12.[C-]#[N+]c1c(C)nn(-c2ncccn2)c1N=Nc1c(C(C)(C)C)[nH]n2nc(-c3ccccc3C)nc12. The molecular weight excluding hydrogens is 927 g/mol. The van der Waals surface area contributed by atoms with Gasteiger partial charge in [-0.15, -0.1) is 30.7 Å². The fraction of sp³-hybridized carbons (Fsp3) is 0.245. The van der Waals surface area contributed by atoms with Crippen LogP contribution in [-0.4, -0.2) is 85.0 Å². The third kappa shape index (κ3) is 9.55. The number of carbonyl (C=O) groups is 1. The maximum Gasteiger partial charge on any atom is 0.255 e. The van der Waals surface area contributed by atoms with Crippen LogP contribution in [0.4, 0.5) is 40.1 Å². The van der Waals surface area contributed by atoms with Gasteiger partial charge in [0.25, 0.3) is 23.3 Å². The first kappa shape index (κ1) is 48.1. The molecule has 0 saturated carbocycles. The summed E-state index contributed by atoms with van der Waals surface area (Å²) in [7, 11) is 0. The number of anilines is 1. The summed E-state index contributed by atoms with van der Waals surface area (Å²) in [6, 6.07) is 18.6. The third-order valence-electron chi connectivity index (χ3n) is 11.1. The van der Waals surface area contributed by atoms with Gasteiger partial charge in [-0.25, -0.2) is 39.6 Å². The summed E-state index contributed by atoms with van der Waals surface area (Å²) in [4.78, 5) is 45.2. The molecule has 3 N–H and O–H groups in total. The Labute approximate surface area is 417 Å². The van der Waals surface area contributed by atoms with Gasteiger partial charge in [0, 0.05) is 59.4 Å². The number of rotatable bonds is 9. The number of azo groups is 2. The van der Waals surface area contributed by atoms with E-state index in [1.807, 2.05) is 64.1 Å². The van der Waals surface area contributed by atoms with Gasteiger partial charge in [-0.2, -0.15) is 28.8 Å². The molecule has 73 heavy (non-hydrogen) atoms. The van der Waals surface area contributed by atoms with Crippen LogP contribution < -0.4 is 5.32 Å². The van der Waals surface area contributed by atoms with Gasteiger partial charge in [-0.3, -0.25) is 15.0 Å². The lowest BCUT2D eigenvalue weighted by Gasteiger charge is -2.16. The van der Waals surface area contributed by atoms with Crippen LogP contribution in [0.5, 0.6) is 0 Å². The zero-order chi connectivity index (χ0) is 51.8. The minimum absolute atomic E-state index is 0.168. The summed E-state index contributed by atoms with van der Waals surface area (Å²) in [5, 5.41) is 45.5. The number of nitrogens with zero attached hydrogens (tertiary/aromatic N) is 20. The van der Waals surface area contributed by atoms with Crippen molar-refractivity contribution < 1.29 is 4.79 Å². The molecule has 0 radical (unpaired) electrons. The number of aromatic amines is 2. The number of aryl methyl sites for hydroxylation is 3. The first-order chi connectivity index (χ1) is 34.9. The van der Waals surface area contributed by atoms with Crippen LogP contribution in [0.1, 0.15) is 76.8 Å². The average molecular weight is 974 g/mol. The number of H-pyrrole nitrogens is 2. The second-order valence-electron chi connectivity index (χ2n) is 18.6. The highest BCUT2D eigenvalue weighted by molar-refractivity contribution is 5.89. The van der Waals surface area contributed by atoms with Crippen molar-refractivity contribution in [3.05, 3.63) is 137 Å². The van der Waals surface area contributed by atoms with E-state index in [4.69, 9.17) is 23.1 Å². The number of hydrogen-bond donors (Lipinski definition) is 3. The molecule has 0 aliphatic carbocycles. The highest BCUT2D eigenvalue weighted by Gasteiger charge is 2.29. The molecule has 2 aromatic carbocycles. The summed E-state index contributed by atoms with van der Waals surface area (Å²) in [5.74, 6) is 1.91. The quantitative estimate of drug-likeness (QED) is 0.0904. The van der Waals surface area contributed by atoms with E-state index >= 15 is 0 Å². The van der Waals surface area contributed by atoms with Crippen LogP contribution in [0.25, 0.3) is 55.7 Å². The molecule has 1 amide bonds. The summed E-state index contributed by atoms with van der Waals surface area (Å²) in [5.41, 5.74) is 7.88. The van der Waals surface area contributed by atoms with Gasteiger partial charge >= 0.3 is 0 Å². The Balaban J connectivity index is 0.000000180. The molecule has 0 saturated heterocycles. The van der Waals surface area contributed by atoms with Crippen molar-refractivity contribution in [3.8, 4) is 34.7 Å². The molecule has 364 valence electrons. The molecule has 0 atom stereocenters. The molecule has 0 aliphatic rings. The van der Waals surface area contributed by atoms with Gasteiger partial charge in [-0.1, -0.05) is 77.9 Å². The fourth-order valence-corrected chi connectivity index (χ4v) is 7.59. The number of fused-ring (bicyclic) bond motifs is 2. The predicted molar refractivity (Wildman–Crippen MR) is 271 cm³/mol. The van der Waals surface area contributed by atoms with Crippen molar-refractivity contribution in [2.24, 2.45) is 20.5 Å². The lowest BCUT2D eigenvalue weighted by Crippen LogP contribution is -2.12. The monoisotopic (exact) mass is 973 g/mol. The number of amides is 1. The largest absolute Gasteiger partial charge is 0.326 e. The highest BCUT2D eigenvalue weighted by atomic mass is 16.1. The Morgan fingerprint density at radius 3 is 1.56 bits per heavy atom. The van der Waals surface area contributed by atoms with Gasteiger partial charge in [0.1, 0.15) is 0 Å². The van der Waals surface area contributed by atoms with Crippen LogP contribution in [-0.2, 0) is 15.6 Å². The minimum atomic E-state index is -0.344. The fourth-order valence-electron chi connectivity index (χ4n) is 7.59. The molecule has 8 aromatic heterocycles. The van der Waals surface area contributed by atoms with E-state index in [1.165, 1.54) is 16.3 Å². The number of benzene rings is 2. The topological polar surface area (TPSA) is 266 Å². The molecule has 0 aliphatic heterocycles. The average Bonchev–Trinajstić information content (AvgIpc) is 4.21. The van der Waals surface area contributed by atoms with Crippen LogP contribution in [0, 0.1) is 33.9 Å². The smallest absolute Gasteiger partial charge is 0.255 e. The second-order valence-corrected chi connectivity index (χ2v) is 18.6. The second kappa shape index (κ2) is 19.1. The maximum absolute atomic E-state index is 11.5. The lowest BCUT2D eigenvalue weighted by atomic mass is 9.91. The van der Waals surface area contributed by atoms with Crippen LogP contribution in [0.2, 0.25) is 0 Å². The first-order valence-electron chi connectivity index (χ1n) is 22.7. The molecular formula is C49H47N23O. The van der Waals surface area contributed by atoms with Crippen molar-refractivity contribution >= 4 is 57.3 Å². The molecule has 24 heteroatoms. The van der Waals surface area contributed by atoms with Crippen molar-refractivity contribution in [2.75, 3.05) is 5.32 Å². The van der Waals surface area contributed by atoms with E-state index in [1.54, 1.807) is 72.2 Å². The van der Waals surface area contributed by atoms with Crippen molar-refractivity contribution in [3.63, 3.8) is 0 Å². The summed E-state index contributed by atoms with van der Waals surface area (Å²) in [6.45, 7) is 34.5. The van der Waals surface area contributed by atoms with E-state index < -0.39 is 0 Å². The molecule has 10 rings (SSSR count). The van der Waals surface area contributed by atoms with Gasteiger partial charge in [0.15, 0.2) is 34.7 Å². The molecule has 0 spiro atoms. The standard InChI is InChI=1S/C25H24N12O.C24H23N11/c1-14-18(26-6)23(36(33-14)24-27-11-8-12-28-24)32-31-19-20(25(3,4)5)34-37-22(19)30-21(35-37)16-9-7-10-17(13-16)29-15(2)38;1-14-10-7-8-11-16(14)20-28-21-18(19(24(3,4)5)32-35(21)33-20)29-30-22-17(25-6)15(2)31-34(22)23-26-12-9-13-27-23/h7-13,34H,1-5H3,(H,29,38);7-13,32H,1-5H3. The Kier molecular flexibility index (Phi) is 12.6. The molecule has 0 bridgehead atoms. The Morgan fingerprint density at radius 2 is 1.10 bits per heavy atom. The van der Waals surface area contributed by atoms with Crippen LogP contribution in [0.15, 0.2) is 106 Å². The van der Waals surface area contributed by atoms with E-state index in [-0.39, 0.29) is 45.7 Å². The van der Waals surface area contributed by atoms with Crippen molar-refractivity contribution in [2.45, 2.75) is 80.1 Å². The van der Waals surface area contributed by atoms with E-state index in [0.717, 1.165) is 28.1 Å². The lowest BCUT2D eigenvalue weighted by molar-refractivity contribution is -0.114. The van der Waals surface area contributed by atoms with Gasteiger partial charge in [0.2, 0.25) is 17.2 Å². The number of carbonyl (C=O) groups excluding carboxylic acids is 1. The Morgan fingerprint density at radius 1 is 0.616 bits per heavy atom. The van der Waals surface area contributed by atoms with Crippen molar-refractivity contribution in [1.82, 2.24) is 79.1 Å². The Hall–Kier alpha value is -9.97. The molecule has 10 aromatic rings. The summed E-state index contributed by atoms with van der Waals surface area (Å²) < 4.78 is 5.99. The van der Waals surface area contributed by atoms with Crippen molar-refractivity contribution in [1.29, 1.82) is 0 Å². The van der Waals surface area contributed by atoms with Gasteiger partial charge in [-0.05, 0) is 50.6 Å². The molecule has 0 fully saturated rings. The Bertz CT molecular complexity index is 3840. The maximum atomic E-state index is 11.5. The molecule has 8 heterocycles. The predicted octanol–water partition coefficient (Wildman–Crippen LogP) is 10.8. The number of nitrogens with one attached hydrogen (secondary N) is 3. The number of hydrogen-bond acceptors (Lipinski definition) is 15. The van der Waals surface area contributed by atoms with E-state index in [0.29, 0.717) is 57.3 Å². The first-order valence-corrected chi connectivity index (χ1v) is 22.7.